The number of hydrogen-bond acceptors (Lipinski definition) is 5. The maximum atomic E-state index is 11.5. The molecule has 0 bridgehead atoms. The Balaban J connectivity index is 0.00000289. The maximum Gasteiger partial charge on any atom is 0.224 e. The molecule has 0 saturated carbocycles. The van der Waals surface area contributed by atoms with Crippen molar-refractivity contribution in [3.63, 3.8) is 0 Å². The summed E-state index contributed by atoms with van der Waals surface area (Å²) in [6, 6.07) is 10.6. The predicted molar refractivity (Wildman–Crippen MR) is 143 cm³/mol. The first-order valence-electron chi connectivity index (χ1n) is 11.1. The third-order valence-electron chi connectivity index (χ3n) is 5.60. The van der Waals surface area contributed by atoms with Gasteiger partial charge >= 0.3 is 0 Å². The number of anilines is 2. The van der Waals surface area contributed by atoms with Gasteiger partial charge in [0.1, 0.15) is 12.4 Å². The molecule has 4 rings (SSSR count). The summed E-state index contributed by atoms with van der Waals surface area (Å²) in [6.45, 7) is 6.14. The minimum absolute atomic E-state index is 0. The molecule has 1 saturated heterocycles. The lowest BCUT2D eigenvalue weighted by Gasteiger charge is -2.33. The Labute approximate surface area is 211 Å². The summed E-state index contributed by atoms with van der Waals surface area (Å²) in [4.78, 5) is 18.6. The first-order chi connectivity index (χ1) is 15.2. The van der Waals surface area contributed by atoms with E-state index in [2.05, 4.69) is 50.3 Å². The monoisotopic (exact) mass is 569 g/mol. The smallest absolute Gasteiger partial charge is 0.224 e. The van der Waals surface area contributed by atoms with E-state index in [4.69, 9.17) is 4.74 Å². The van der Waals surface area contributed by atoms with Crippen LogP contribution in [0.1, 0.15) is 31.7 Å². The number of guanidine groups is 1. The van der Waals surface area contributed by atoms with Gasteiger partial charge in [0.05, 0.1) is 11.5 Å². The third kappa shape index (κ3) is 6.74. The Kier molecular flexibility index (Phi) is 9.46. The van der Waals surface area contributed by atoms with Gasteiger partial charge in [-0.15, -0.1) is 35.3 Å². The minimum Gasteiger partial charge on any atom is -0.492 e. The molecule has 0 unspecified atom stereocenters. The Morgan fingerprint density at radius 3 is 2.88 bits per heavy atom. The van der Waals surface area contributed by atoms with Crippen LogP contribution in [-0.4, -0.2) is 50.7 Å². The van der Waals surface area contributed by atoms with Crippen molar-refractivity contribution >= 4 is 57.9 Å². The Bertz CT molecular complexity index is 898. The van der Waals surface area contributed by atoms with Crippen LogP contribution in [0.25, 0.3) is 0 Å². The second kappa shape index (κ2) is 12.3. The molecule has 0 aliphatic carbocycles. The zero-order valence-corrected chi connectivity index (χ0v) is 21.6. The van der Waals surface area contributed by atoms with Gasteiger partial charge in [-0.1, -0.05) is 0 Å². The summed E-state index contributed by atoms with van der Waals surface area (Å²) in [5.41, 5.74) is 2.02. The van der Waals surface area contributed by atoms with Crippen LogP contribution < -0.4 is 25.6 Å². The summed E-state index contributed by atoms with van der Waals surface area (Å²) in [5, 5.41) is 13.3. The van der Waals surface area contributed by atoms with E-state index in [-0.39, 0.29) is 29.9 Å². The van der Waals surface area contributed by atoms with Gasteiger partial charge in [0.25, 0.3) is 0 Å². The molecule has 2 aromatic rings. The molecule has 0 radical (unpaired) electrons. The third-order valence-corrected chi connectivity index (χ3v) is 6.53. The van der Waals surface area contributed by atoms with Crippen LogP contribution >= 0.6 is 35.3 Å². The first-order valence-corrected chi connectivity index (χ1v) is 12.0. The molecule has 3 N–H and O–H groups in total. The van der Waals surface area contributed by atoms with Crippen molar-refractivity contribution in [3.8, 4) is 5.75 Å². The number of carbonyl (C=O) groups is 1. The number of amides is 1. The molecule has 1 aromatic carbocycles. The number of aliphatic imine (C=N–C) groups is 1. The number of ether oxygens (including phenoxy) is 1. The number of benzene rings is 1. The fraction of sp³-hybridized carbons (Fsp3) is 0.478. The van der Waals surface area contributed by atoms with Crippen LogP contribution in [0.15, 0.2) is 40.7 Å². The number of piperidine rings is 1. The van der Waals surface area contributed by atoms with E-state index < -0.39 is 0 Å². The fourth-order valence-electron chi connectivity index (χ4n) is 3.98. The van der Waals surface area contributed by atoms with E-state index in [1.165, 1.54) is 5.00 Å². The SMILES string of the molecule is CCNC(=NCCOc1ccc2c(c1)CCC(=O)N2)NC1CCN(c2cccs2)CC1.I. The molecular formula is C23H32IN5O2S. The topological polar surface area (TPSA) is 78.0 Å². The van der Waals surface area contributed by atoms with E-state index in [1.54, 1.807) is 0 Å². The number of aryl methyl sites for hydroxylation is 1. The van der Waals surface area contributed by atoms with Gasteiger partial charge in [0.2, 0.25) is 5.91 Å². The van der Waals surface area contributed by atoms with Crippen molar-refractivity contribution in [1.29, 1.82) is 0 Å². The number of nitrogens with one attached hydrogen (secondary N) is 3. The highest BCUT2D eigenvalue weighted by atomic mass is 127. The van der Waals surface area contributed by atoms with E-state index in [0.717, 1.165) is 61.9 Å². The number of rotatable bonds is 7. The van der Waals surface area contributed by atoms with E-state index in [1.807, 2.05) is 29.5 Å². The van der Waals surface area contributed by atoms with E-state index >= 15 is 0 Å². The number of halogens is 1. The van der Waals surface area contributed by atoms with Crippen molar-refractivity contribution in [3.05, 3.63) is 41.3 Å². The molecule has 1 fully saturated rings. The quantitative estimate of drug-likeness (QED) is 0.205. The second-order valence-corrected chi connectivity index (χ2v) is 8.76. The van der Waals surface area contributed by atoms with Gasteiger partial charge in [-0.05, 0) is 67.5 Å². The molecule has 1 amide bonds. The van der Waals surface area contributed by atoms with Crippen LogP contribution in [0.4, 0.5) is 10.7 Å². The van der Waals surface area contributed by atoms with Gasteiger partial charge in [0.15, 0.2) is 5.96 Å². The van der Waals surface area contributed by atoms with E-state index in [9.17, 15) is 4.79 Å². The molecule has 3 heterocycles. The van der Waals surface area contributed by atoms with Crippen LogP contribution in [0.2, 0.25) is 0 Å². The molecule has 2 aliphatic rings. The largest absolute Gasteiger partial charge is 0.492 e. The summed E-state index contributed by atoms with van der Waals surface area (Å²) >= 11 is 1.81. The van der Waals surface area contributed by atoms with Crippen LogP contribution in [0.3, 0.4) is 0 Å². The number of fused-ring (bicyclic) bond motifs is 1. The Morgan fingerprint density at radius 1 is 1.28 bits per heavy atom. The van der Waals surface area contributed by atoms with Crippen molar-refractivity contribution < 1.29 is 9.53 Å². The average Bonchev–Trinajstić information content (AvgIpc) is 3.32. The summed E-state index contributed by atoms with van der Waals surface area (Å²) in [5.74, 6) is 1.76. The molecule has 7 nitrogen and oxygen atoms in total. The normalized spacial score (nSPS) is 16.6. The summed E-state index contributed by atoms with van der Waals surface area (Å²) in [7, 11) is 0. The highest BCUT2D eigenvalue weighted by Crippen LogP contribution is 2.27. The van der Waals surface area contributed by atoms with Crippen LogP contribution in [0.5, 0.6) is 5.75 Å². The van der Waals surface area contributed by atoms with E-state index in [0.29, 0.717) is 25.6 Å². The Morgan fingerprint density at radius 2 is 2.12 bits per heavy atom. The molecule has 2 aliphatic heterocycles. The zero-order valence-electron chi connectivity index (χ0n) is 18.4. The molecule has 9 heteroatoms. The lowest BCUT2D eigenvalue weighted by molar-refractivity contribution is -0.116. The minimum atomic E-state index is 0. The predicted octanol–water partition coefficient (Wildman–Crippen LogP) is 3.85. The Hall–Kier alpha value is -2.01. The highest BCUT2D eigenvalue weighted by molar-refractivity contribution is 14.0. The van der Waals surface area contributed by atoms with Crippen molar-refractivity contribution in [1.82, 2.24) is 10.6 Å². The van der Waals surface area contributed by atoms with Gasteiger partial charge in [-0.25, -0.2) is 4.99 Å². The van der Waals surface area contributed by atoms with Gasteiger partial charge in [-0.3, -0.25) is 4.79 Å². The van der Waals surface area contributed by atoms with Gasteiger partial charge < -0.3 is 25.6 Å². The van der Waals surface area contributed by atoms with Crippen molar-refractivity contribution in [2.75, 3.05) is 43.0 Å². The molecule has 32 heavy (non-hydrogen) atoms. The first kappa shape index (κ1) is 24.6. The highest BCUT2D eigenvalue weighted by Gasteiger charge is 2.20. The zero-order chi connectivity index (χ0) is 21.5. The van der Waals surface area contributed by atoms with Crippen molar-refractivity contribution in [2.45, 2.75) is 38.6 Å². The molecular weight excluding hydrogens is 537 g/mol. The van der Waals surface area contributed by atoms with Crippen LogP contribution in [0, 0.1) is 0 Å². The second-order valence-electron chi connectivity index (χ2n) is 7.83. The van der Waals surface area contributed by atoms with Gasteiger partial charge in [-0.2, -0.15) is 0 Å². The number of hydrogen-bond donors (Lipinski definition) is 3. The summed E-state index contributed by atoms with van der Waals surface area (Å²) in [6.07, 6.45) is 3.50. The lowest BCUT2D eigenvalue weighted by atomic mass is 10.0. The number of carbonyl (C=O) groups excluding carboxylic acids is 1. The lowest BCUT2D eigenvalue weighted by Crippen LogP contribution is -2.48. The molecule has 174 valence electrons. The number of nitrogens with zero attached hydrogens (tertiary/aromatic N) is 2. The average molecular weight is 570 g/mol. The summed E-state index contributed by atoms with van der Waals surface area (Å²) < 4.78 is 5.89. The molecule has 0 spiro atoms. The maximum absolute atomic E-state index is 11.5. The van der Waals surface area contributed by atoms with Gasteiger partial charge in [0, 0.05) is 37.8 Å². The fourth-order valence-corrected chi connectivity index (χ4v) is 4.76. The molecule has 1 aromatic heterocycles. The molecule has 0 atom stereocenters. The van der Waals surface area contributed by atoms with Crippen molar-refractivity contribution in [2.24, 2.45) is 4.99 Å². The van der Waals surface area contributed by atoms with Crippen LogP contribution in [-0.2, 0) is 11.2 Å². The standard InChI is InChI=1S/C23H31N5O2S.HI/c1-2-24-23(26-18-9-12-28(13-10-18)22-4-3-15-31-22)25-11-14-30-19-6-7-20-17(16-19)5-8-21(29)27-20;/h3-4,6-7,15-16,18H,2,5,8-14H2,1H3,(H,27,29)(H2,24,25,26);1H. The number of thiophene rings is 1.